The SMILES string of the molecule is Cc1ncc(C(=O)O)n1CCc1ccccn1. The van der Waals surface area contributed by atoms with Crippen LogP contribution in [0, 0.1) is 6.92 Å². The number of carboxylic acids is 1. The number of nitrogens with zero attached hydrogens (tertiary/aromatic N) is 3. The maximum atomic E-state index is 11.0. The second kappa shape index (κ2) is 4.78. The summed E-state index contributed by atoms with van der Waals surface area (Å²) >= 11 is 0. The maximum absolute atomic E-state index is 11.0. The van der Waals surface area contributed by atoms with Crippen LogP contribution in [0.1, 0.15) is 22.0 Å². The fourth-order valence-corrected chi connectivity index (χ4v) is 1.69. The van der Waals surface area contributed by atoms with Crippen molar-refractivity contribution in [3.05, 3.63) is 47.8 Å². The van der Waals surface area contributed by atoms with Gasteiger partial charge >= 0.3 is 5.97 Å². The minimum Gasteiger partial charge on any atom is -0.477 e. The summed E-state index contributed by atoms with van der Waals surface area (Å²) in [6, 6.07) is 5.70. The zero-order valence-corrected chi connectivity index (χ0v) is 9.50. The summed E-state index contributed by atoms with van der Waals surface area (Å²) in [6.45, 7) is 2.37. The molecular formula is C12H13N3O2. The molecule has 5 nitrogen and oxygen atoms in total. The van der Waals surface area contributed by atoms with Crippen LogP contribution in [0.2, 0.25) is 0 Å². The lowest BCUT2D eigenvalue weighted by Crippen LogP contribution is -2.12. The molecular weight excluding hydrogens is 218 g/mol. The van der Waals surface area contributed by atoms with Crippen molar-refractivity contribution in [2.75, 3.05) is 0 Å². The number of carbonyl (C=O) groups is 1. The van der Waals surface area contributed by atoms with Gasteiger partial charge in [-0.1, -0.05) is 6.07 Å². The fourth-order valence-electron chi connectivity index (χ4n) is 1.69. The monoisotopic (exact) mass is 231 g/mol. The maximum Gasteiger partial charge on any atom is 0.354 e. The highest BCUT2D eigenvalue weighted by Crippen LogP contribution is 2.07. The zero-order chi connectivity index (χ0) is 12.3. The Kier molecular flexibility index (Phi) is 3.18. The minimum absolute atomic E-state index is 0.221. The van der Waals surface area contributed by atoms with Gasteiger partial charge in [-0.2, -0.15) is 0 Å². The van der Waals surface area contributed by atoms with Crippen molar-refractivity contribution in [2.45, 2.75) is 19.9 Å². The molecule has 0 saturated heterocycles. The van der Waals surface area contributed by atoms with E-state index in [0.717, 1.165) is 5.69 Å². The first-order chi connectivity index (χ1) is 8.18. The molecule has 88 valence electrons. The van der Waals surface area contributed by atoms with Gasteiger partial charge in [-0.15, -0.1) is 0 Å². The van der Waals surface area contributed by atoms with Crippen LogP contribution in [0.5, 0.6) is 0 Å². The van der Waals surface area contributed by atoms with Crippen LogP contribution in [0.4, 0.5) is 0 Å². The third kappa shape index (κ3) is 2.50. The Morgan fingerprint density at radius 3 is 2.88 bits per heavy atom. The highest BCUT2D eigenvalue weighted by Gasteiger charge is 2.12. The Balaban J connectivity index is 2.14. The number of imidazole rings is 1. The molecule has 0 amide bonds. The standard InChI is InChI=1S/C12H13N3O2/c1-9-14-8-11(12(16)17)15(9)7-5-10-4-2-3-6-13-10/h2-4,6,8H,5,7H2,1H3,(H,16,17). The number of hydrogen-bond acceptors (Lipinski definition) is 3. The Morgan fingerprint density at radius 2 is 2.24 bits per heavy atom. The second-order valence-corrected chi connectivity index (χ2v) is 3.72. The molecule has 2 aromatic rings. The number of pyridine rings is 1. The average Bonchev–Trinajstić information content (AvgIpc) is 2.69. The Labute approximate surface area is 98.8 Å². The van der Waals surface area contributed by atoms with Gasteiger partial charge in [-0.05, 0) is 19.1 Å². The normalized spacial score (nSPS) is 10.4. The number of aromatic carboxylic acids is 1. The summed E-state index contributed by atoms with van der Waals surface area (Å²) in [5, 5.41) is 9.00. The second-order valence-electron chi connectivity index (χ2n) is 3.72. The van der Waals surface area contributed by atoms with Crippen LogP contribution in [-0.2, 0) is 13.0 Å². The summed E-state index contributed by atoms with van der Waals surface area (Å²) in [4.78, 5) is 19.2. The van der Waals surface area contributed by atoms with Gasteiger partial charge in [-0.3, -0.25) is 4.98 Å². The molecule has 0 fully saturated rings. The third-order valence-corrected chi connectivity index (χ3v) is 2.59. The number of rotatable bonds is 4. The van der Waals surface area contributed by atoms with E-state index >= 15 is 0 Å². The van der Waals surface area contributed by atoms with Crippen molar-refractivity contribution < 1.29 is 9.90 Å². The lowest BCUT2D eigenvalue weighted by atomic mass is 10.2. The quantitative estimate of drug-likeness (QED) is 0.866. The van der Waals surface area contributed by atoms with Crippen molar-refractivity contribution in [1.82, 2.24) is 14.5 Å². The molecule has 2 heterocycles. The lowest BCUT2D eigenvalue weighted by Gasteiger charge is -2.07. The molecule has 2 aromatic heterocycles. The molecule has 0 spiro atoms. The summed E-state index contributed by atoms with van der Waals surface area (Å²) in [6.07, 6.45) is 3.81. The molecule has 0 atom stereocenters. The van der Waals surface area contributed by atoms with Crippen molar-refractivity contribution in [1.29, 1.82) is 0 Å². The van der Waals surface area contributed by atoms with E-state index in [2.05, 4.69) is 9.97 Å². The van der Waals surface area contributed by atoms with Crippen LogP contribution < -0.4 is 0 Å². The van der Waals surface area contributed by atoms with E-state index in [1.807, 2.05) is 18.2 Å². The molecule has 2 rings (SSSR count). The summed E-state index contributed by atoms with van der Waals surface area (Å²) < 4.78 is 1.69. The van der Waals surface area contributed by atoms with Crippen molar-refractivity contribution in [3.63, 3.8) is 0 Å². The van der Waals surface area contributed by atoms with E-state index in [1.165, 1.54) is 6.20 Å². The van der Waals surface area contributed by atoms with Gasteiger partial charge in [-0.25, -0.2) is 9.78 Å². The van der Waals surface area contributed by atoms with Crippen molar-refractivity contribution in [2.24, 2.45) is 0 Å². The molecule has 0 bridgehead atoms. The van der Waals surface area contributed by atoms with Crippen LogP contribution in [0.3, 0.4) is 0 Å². The molecule has 0 aliphatic rings. The number of hydrogen-bond donors (Lipinski definition) is 1. The van der Waals surface area contributed by atoms with Crippen molar-refractivity contribution in [3.8, 4) is 0 Å². The Bertz CT molecular complexity index is 520. The number of carboxylic acid groups (broad SMARTS) is 1. The molecule has 0 aliphatic carbocycles. The van der Waals surface area contributed by atoms with E-state index in [-0.39, 0.29) is 5.69 Å². The summed E-state index contributed by atoms with van der Waals surface area (Å²) in [5.41, 5.74) is 1.16. The van der Waals surface area contributed by atoms with E-state index in [0.29, 0.717) is 18.8 Å². The minimum atomic E-state index is -0.952. The Morgan fingerprint density at radius 1 is 1.41 bits per heavy atom. The average molecular weight is 231 g/mol. The van der Waals surface area contributed by atoms with Gasteiger partial charge in [0, 0.05) is 24.9 Å². The van der Waals surface area contributed by atoms with Crippen LogP contribution >= 0.6 is 0 Å². The molecule has 0 saturated carbocycles. The summed E-state index contributed by atoms with van der Waals surface area (Å²) in [7, 11) is 0. The molecule has 1 N–H and O–H groups in total. The molecule has 0 radical (unpaired) electrons. The fraction of sp³-hybridized carbons (Fsp3) is 0.250. The molecule has 17 heavy (non-hydrogen) atoms. The number of aryl methyl sites for hydroxylation is 2. The zero-order valence-electron chi connectivity index (χ0n) is 9.50. The van der Waals surface area contributed by atoms with Crippen LogP contribution in [-0.4, -0.2) is 25.6 Å². The first-order valence-electron chi connectivity index (χ1n) is 5.34. The Hall–Kier alpha value is -2.17. The first kappa shape index (κ1) is 11.3. The van der Waals surface area contributed by atoms with Gasteiger partial charge in [0.15, 0.2) is 0 Å². The van der Waals surface area contributed by atoms with Gasteiger partial charge in [0.2, 0.25) is 0 Å². The van der Waals surface area contributed by atoms with Crippen LogP contribution in [0.15, 0.2) is 30.6 Å². The summed E-state index contributed by atoms with van der Waals surface area (Å²) in [5.74, 6) is -0.245. The molecule has 0 unspecified atom stereocenters. The van der Waals surface area contributed by atoms with Crippen LogP contribution in [0.25, 0.3) is 0 Å². The molecule has 5 heteroatoms. The van der Waals surface area contributed by atoms with E-state index < -0.39 is 5.97 Å². The predicted octanol–water partition coefficient (Wildman–Crippen LogP) is 1.53. The molecule has 0 aromatic carbocycles. The van der Waals surface area contributed by atoms with Gasteiger partial charge < -0.3 is 9.67 Å². The highest BCUT2D eigenvalue weighted by molar-refractivity contribution is 5.85. The van der Waals surface area contributed by atoms with Gasteiger partial charge in [0.25, 0.3) is 0 Å². The van der Waals surface area contributed by atoms with E-state index in [9.17, 15) is 4.79 Å². The van der Waals surface area contributed by atoms with E-state index in [1.54, 1.807) is 17.7 Å². The lowest BCUT2D eigenvalue weighted by molar-refractivity contribution is 0.0684. The van der Waals surface area contributed by atoms with Crippen molar-refractivity contribution >= 4 is 5.97 Å². The molecule has 0 aliphatic heterocycles. The highest BCUT2D eigenvalue weighted by atomic mass is 16.4. The largest absolute Gasteiger partial charge is 0.477 e. The van der Waals surface area contributed by atoms with Gasteiger partial charge in [0.05, 0.1) is 6.20 Å². The smallest absolute Gasteiger partial charge is 0.354 e. The first-order valence-corrected chi connectivity index (χ1v) is 5.34. The van der Waals surface area contributed by atoms with E-state index in [4.69, 9.17) is 5.11 Å². The topological polar surface area (TPSA) is 68.0 Å². The number of aromatic nitrogens is 3. The third-order valence-electron chi connectivity index (χ3n) is 2.59. The van der Waals surface area contributed by atoms with Gasteiger partial charge in [0.1, 0.15) is 11.5 Å². The predicted molar refractivity (Wildman–Crippen MR) is 61.9 cm³/mol.